The van der Waals surface area contributed by atoms with Crippen molar-refractivity contribution in [2.24, 2.45) is 0 Å². The summed E-state index contributed by atoms with van der Waals surface area (Å²) >= 11 is 0. The second-order valence-electron chi connectivity index (χ2n) is 5.98. The average molecular weight is 331 g/mol. The third kappa shape index (κ3) is 4.27. The van der Waals surface area contributed by atoms with Gasteiger partial charge in [-0.05, 0) is 43.2 Å². The maximum absolute atomic E-state index is 12.5. The van der Waals surface area contributed by atoms with Crippen LogP contribution in [-0.2, 0) is 4.79 Å². The van der Waals surface area contributed by atoms with Gasteiger partial charge in [-0.25, -0.2) is 0 Å². The normalized spacial score (nSPS) is 11.6. The molecular weight excluding hydrogens is 310 g/mol. The highest BCUT2D eigenvalue weighted by molar-refractivity contribution is 5.98. The minimum atomic E-state index is -0.592. The van der Waals surface area contributed by atoms with Gasteiger partial charge in [0.25, 0.3) is 5.91 Å². The zero-order valence-corrected chi connectivity index (χ0v) is 14.4. The lowest BCUT2D eigenvalue weighted by molar-refractivity contribution is -0.122. The number of hydrogen-bond acceptors (Lipinski definition) is 2. The van der Waals surface area contributed by atoms with Crippen molar-refractivity contribution in [3.8, 4) is 16.9 Å². The van der Waals surface area contributed by atoms with E-state index in [0.29, 0.717) is 5.75 Å². The Morgan fingerprint density at radius 3 is 2.40 bits per heavy atom. The molecule has 0 aliphatic heterocycles. The summed E-state index contributed by atoms with van der Waals surface area (Å²) in [5.74, 6) is 0.517. The molecule has 1 amide bonds. The molecule has 0 saturated heterocycles. The molecule has 3 rings (SSSR count). The van der Waals surface area contributed by atoms with Crippen molar-refractivity contribution in [3.05, 3.63) is 84.4 Å². The Kier molecular flexibility index (Phi) is 5.14. The molecule has 3 aromatic rings. The molecule has 0 fully saturated rings. The van der Waals surface area contributed by atoms with Gasteiger partial charge in [0.1, 0.15) is 5.75 Å². The standard InChI is InChI=1S/C22H21NO2/c1-16-9-8-12-19(15-16)25-17(2)22(24)23-21-14-7-6-13-20(21)18-10-4-3-5-11-18/h3-15,17H,1-2H3,(H,23,24). The van der Waals surface area contributed by atoms with Crippen LogP contribution in [0.15, 0.2) is 78.9 Å². The summed E-state index contributed by atoms with van der Waals surface area (Å²) in [5.41, 5.74) is 3.92. The SMILES string of the molecule is Cc1cccc(OC(C)C(=O)Nc2ccccc2-c2ccccc2)c1. The summed E-state index contributed by atoms with van der Waals surface area (Å²) < 4.78 is 5.76. The van der Waals surface area contributed by atoms with Crippen LogP contribution in [0.5, 0.6) is 5.75 Å². The number of rotatable bonds is 5. The van der Waals surface area contributed by atoms with E-state index in [9.17, 15) is 4.79 Å². The molecule has 1 unspecified atom stereocenters. The minimum Gasteiger partial charge on any atom is -0.481 e. The molecule has 0 saturated carbocycles. The topological polar surface area (TPSA) is 38.3 Å². The number of para-hydroxylation sites is 1. The predicted molar refractivity (Wildman–Crippen MR) is 102 cm³/mol. The number of carbonyl (C=O) groups is 1. The summed E-state index contributed by atoms with van der Waals surface area (Å²) in [5, 5.41) is 2.98. The van der Waals surface area contributed by atoms with E-state index in [2.05, 4.69) is 5.32 Å². The van der Waals surface area contributed by atoms with Gasteiger partial charge in [-0.2, -0.15) is 0 Å². The van der Waals surface area contributed by atoms with Crippen LogP contribution >= 0.6 is 0 Å². The van der Waals surface area contributed by atoms with Crippen LogP contribution in [0.3, 0.4) is 0 Å². The van der Waals surface area contributed by atoms with Crippen LogP contribution in [0, 0.1) is 6.92 Å². The molecule has 3 aromatic carbocycles. The van der Waals surface area contributed by atoms with Gasteiger partial charge in [-0.3, -0.25) is 4.79 Å². The minimum absolute atomic E-state index is 0.176. The van der Waals surface area contributed by atoms with Crippen molar-refractivity contribution in [1.82, 2.24) is 0 Å². The quantitative estimate of drug-likeness (QED) is 0.709. The molecule has 126 valence electrons. The molecule has 0 spiro atoms. The molecule has 1 atom stereocenters. The Morgan fingerprint density at radius 1 is 0.920 bits per heavy atom. The van der Waals surface area contributed by atoms with Crippen LogP contribution in [0.2, 0.25) is 0 Å². The van der Waals surface area contributed by atoms with E-state index in [1.165, 1.54) is 0 Å². The van der Waals surface area contributed by atoms with Crippen molar-refractivity contribution in [2.75, 3.05) is 5.32 Å². The summed E-state index contributed by atoms with van der Waals surface area (Å²) in [7, 11) is 0. The first kappa shape index (κ1) is 16.8. The van der Waals surface area contributed by atoms with Crippen molar-refractivity contribution in [3.63, 3.8) is 0 Å². The van der Waals surface area contributed by atoms with Crippen LogP contribution in [0.1, 0.15) is 12.5 Å². The Hall–Kier alpha value is -3.07. The molecule has 1 N–H and O–H groups in total. The number of benzene rings is 3. The summed E-state index contributed by atoms with van der Waals surface area (Å²) in [6.07, 6.45) is -0.592. The molecule has 3 heteroatoms. The Labute approximate surface area is 148 Å². The van der Waals surface area contributed by atoms with Gasteiger partial charge >= 0.3 is 0 Å². The monoisotopic (exact) mass is 331 g/mol. The van der Waals surface area contributed by atoms with E-state index >= 15 is 0 Å². The zero-order chi connectivity index (χ0) is 17.6. The molecule has 0 aliphatic rings. The average Bonchev–Trinajstić information content (AvgIpc) is 2.63. The van der Waals surface area contributed by atoms with Crippen LogP contribution < -0.4 is 10.1 Å². The lowest BCUT2D eigenvalue weighted by atomic mass is 10.0. The second kappa shape index (κ2) is 7.67. The fourth-order valence-corrected chi connectivity index (χ4v) is 2.64. The van der Waals surface area contributed by atoms with Crippen LogP contribution in [0.25, 0.3) is 11.1 Å². The Bertz CT molecular complexity index is 859. The van der Waals surface area contributed by atoms with Gasteiger partial charge in [-0.15, -0.1) is 0 Å². The fourth-order valence-electron chi connectivity index (χ4n) is 2.64. The third-order valence-electron chi connectivity index (χ3n) is 3.94. The van der Waals surface area contributed by atoms with Crippen molar-refractivity contribution < 1.29 is 9.53 Å². The molecular formula is C22H21NO2. The van der Waals surface area contributed by atoms with E-state index in [4.69, 9.17) is 4.74 Å². The Morgan fingerprint density at radius 2 is 1.64 bits per heavy atom. The molecule has 0 heterocycles. The smallest absolute Gasteiger partial charge is 0.265 e. The summed E-state index contributed by atoms with van der Waals surface area (Å²) in [6, 6.07) is 25.5. The van der Waals surface area contributed by atoms with E-state index < -0.39 is 6.10 Å². The zero-order valence-electron chi connectivity index (χ0n) is 14.4. The molecule has 0 radical (unpaired) electrons. The van der Waals surface area contributed by atoms with Crippen molar-refractivity contribution in [2.45, 2.75) is 20.0 Å². The van der Waals surface area contributed by atoms with Gasteiger partial charge < -0.3 is 10.1 Å². The van der Waals surface area contributed by atoms with E-state index in [-0.39, 0.29) is 5.91 Å². The van der Waals surface area contributed by atoms with Crippen LogP contribution in [0.4, 0.5) is 5.69 Å². The first-order valence-corrected chi connectivity index (χ1v) is 8.32. The van der Waals surface area contributed by atoms with E-state index in [1.54, 1.807) is 6.92 Å². The molecule has 0 aromatic heterocycles. The predicted octanol–water partition coefficient (Wildman–Crippen LogP) is 5.07. The maximum atomic E-state index is 12.5. The number of anilines is 1. The van der Waals surface area contributed by atoms with Gasteiger partial charge in [0.2, 0.25) is 0 Å². The van der Waals surface area contributed by atoms with E-state index in [0.717, 1.165) is 22.4 Å². The lowest BCUT2D eigenvalue weighted by Gasteiger charge is -2.17. The number of hydrogen-bond donors (Lipinski definition) is 1. The maximum Gasteiger partial charge on any atom is 0.265 e. The highest BCUT2D eigenvalue weighted by atomic mass is 16.5. The third-order valence-corrected chi connectivity index (χ3v) is 3.94. The molecule has 0 bridgehead atoms. The van der Waals surface area contributed by atoms with Crippen LogP contribution in [-0.4, -0.2) is 12.0 Å². The number of amides is 1. The van der Waals surface area contributed by atoms with Crippen molar-refractivity contribution in [1.29, 1.82) is 0 Å². The molecule has 0 aliphatic carbocycles. The number of carbonyl (C=O) groups excluding carboxylic acids is 1. The summed E-state index contributed by atoms with van der Waals surface area (Å²) in [4.78, 5) is 12.5. The van der Waals surface area contributed by atoms with Gasteiger partial charge in [0.05, 0.1) is 0 Å². The number of nitrogens with one attached hydrogen (secondary N) is 1. The fraction of sp³-hybridized carbons (Fsp3) is 0.136. The molecule has 3 nitrogen and oxygen atoms in total. The Balaban J connectivity index is 1.75. The van der Waals surface area contributed by atoms with Gasteiger partial charge in [-0.1, -0.05) is 60.7 Å². The largest absolute Gasteiger partial charge is 0.481 e. The second-order valence-corrected chi connectivity index (χ2v) is 5.98. The lowest BCUT2D eigenvalue weighted by Crippen LogP contribution is -2.30. The van der Waals surface area contributed by atoms with E-state index in [1.807, 2.05) is 85.8 Å². The first-order valence-electron chi connectivity index (χ1n) is 8.32. The number of ether oxygens (including phenoxy) is 1. The summed E-state index contributed by atoms with van der Waals surface area (Å²) in [6.45, 7) is 3.75. The van der Waals surface area contributed by atoms with Crippen molar-refractivity contribution >= 4 is 11.6 Å². The number of aryl methyl sites for hydroxylation is 1. The highest BCUT2D eigenvalue weighted by Gasteiger charge is 2.16. The van der Waals surface area contributed by atoms with Gasteiger partial charge in [0.15, 0.2) is 6.10 Å². The van der Waals surface area contributed by atoms with Gasteiger partial charge in [0, 0.05) is 11.3 Å². The molecule has 25 heavy (non-hydrogen) atoms. The highest BCUT2D eigenvalue weighted by Crippen LogP contribution is 2.27. The first-order chi connectivity index (χ1) is 12.1.